The van der Waals surface area contributed by atoms with E-state index in [-0.39, 0.29) is 11.7 Å². The Morgan fingerprint density at radius 1 is 1.45 bits per heavy atom. The molecule has 1 aromatic carbocycles. The molecular weight excluding hydrogens is 293 g/mol. The second kappa shape index (κ2) is 6.83. The first-order chi connectivity index (χ1) is 9.25. The minimum absolute atomic E-state index is 0.0737. The van der Waals surface area contributed by atoms with Gasteiger partial charge in [-0.3, -0.25) is 10.1 Å². The molecule has 1 aromatic rings. The van der Waals surface area contributed by atoms with Crippen molar-refractivity contribution in [2.75, 3.05) is 16.8 Å². The van der Waals surface area contributed by atoms with Crippen LogP contribution in [0.15, 0.2) is 18.2 Å². The Bertz CT molecular complexity index is 480. The third kappa shape index (κ3) is 4.59. The summed E-state index contributed by atoms with van der Waals surface area (Å²) in [6.45, 7) is 3.81. The number of alkyl halides is 3. The van der Waals surface area contributed by atoms with Crippen molar-refractivity contribution in [3.05, 3.63) is 33.9 Å². The van der Waals surface area contributed by atoms with Gasteiger partial charge in [0.05, 0.1) is 10.5 Å². The van der Waals surface area contributed by atoms with E-state index in [2.05, 4.69) is 5.32 Å². The molecule has 1 unspecified atom stereocenters. The van der Waals surface area contributed by atoms with E-state index in [9.17, 15) is 23.3 Å². The standard InChI is InChI=1S/C12H15F3N2O2S/c1-3-20-7-8(2)16-10-5-4-9(12(13,14)15)6-11(10)17(18)19/h4-6,8,16H,3,7H2,1-2H3. The van der Waals surface area contributed by atoms with E-state index in [1.807, 2.05) is 13.8 Å². The van der Waals surface area contributed by atoms with Crippen molar-refractivity contribution in [3.8, 4) is 0 Å². The molecule has 0 amide bonds. The SMILES string of the molecule is CCSCC(C)Nc1ccc(C(F)(F)F)cc1[N+](=O)[O-]. The van der Waals surface area contributed by atoms with Crippen molar-refractivity contribution in [2.24, 2.45) is 0 Å². The molecule has 1 atom stereocenters. The van der Waals surface area contributed by atoms with Crippen LogP contribution in [-0.4, -0.2) is 22.5 Å². The zero-order chi connectivity index (χ0) is 15.3. The predicted octanol–water partition coefficient (Wildman–Crippen LogP) is 4.17. The summed E-state index contributed by atoms with van der Waals surface area (Å²) in [5.74, 6) is 1.62. The molecule has 0 radical (unpaired) electrons. The fraction of sp³-hybridized carbons (Fsp3) is 0.500. The summed E-state index contributed by atoms with van der Waals surface area (Å²) >= 11 is 1.64. The van der Waals surface area contributed by atoms with Gasteiger partial charge < -0.3 is 5.32 Å². The fourth-order valence-corrected chi connectivity index (χ4v) is 2.26. The number of nitro benzene ring substituents is 1. The molecule has 0 spiro atoms. The number of hydrogen-bond acceptors (Lipinski definition) is 4. The first kappa shape index (κ1) is 16.6. The largest absolute Gasteiger partial charge is 0.416 e. The van der Waals surface area contributed by atoms with Gasteiger partial charge in [0.1, 0.15) is 5.69 Å². The Morgan fingerprint density at radius 2 is 2.10 bits per heavy atom. The highest BCUT2D eigenvalue weighted by Crippen LogP contribution is 2.35. The van der Waals surface area contributed by atoms with Gasteiger partial charge in [0.25, 0.3) is 5.69 Å². The molecule has 0 aliphatic carbocycles. The second-order valence-electron chi connectivity index (χ2n) is 4.19. The number of hydrogen-bond donors (Lipinski definition) is 1. The number of halogens is 3. The normalized spacial score (nSPS) is 13.1. The summed E-state index contributed by atoms with van der Waals surface area (Å²) in [6.07, 6.45) is -4.59. The van der Waals surface area contributed by atoms with E-state index < -0.39 is 22.4 Å². The van der Waals surface area contributed by atoms with E-state index in [1.165, 1.54) is 0 Å². The lowest BCUT2D eigenvalue weighted by molar-refractivity contribution is -0.384. The molecule has 0 heterocycles. The average molecular weight is 308 g/mol. The van der Waals surface area contributed by atoms with Crippen LogP contribution in [0.25, 0.3) is 0 Å². The van der Waals surface area contributed by atoms with E-state index in [1.54, 1.807) is 11.8 Å². The molecule has 0 aromatic heterocycles. The highest BCUT2D eigenvalue weighted by Gasteiger charge is 2.33. The van der Waals surface area contributed by atoms with Crippen LogP contribution >= 0.6 is 11.8 Å². The van der Waals surface area contributed by atoms with E-state index in [0.717, 1.165) is 17.9 Å². The van der Waals surface area contributed by atoms with Gasteiger partial charge in [-0.2, -0.15) is 24.9 Å². The quantitative estimate of drug-likeness (QED) is 0.633. The molecule has 8 heteroatoms. The molecule has 0 aliphatic heterocycles. The molecule has 20 heavy (non-hydrogen) atoms. The zero-order valence-corrected chi connectivity index (χ0v) is 11.8. The monoisotopic (exact) mass is 308 g/mol. The van der Waals surface area contributed by atoms with Crippen molar-refractivity contribution in [1.82, 2.24) is 0 Å². The van der Waals surface area contributed by atoms with Crippen molar-refractivity contribution in [1.29, 1.82) is 0 Å². The topological polar surface area (TPSA) is 55.2 Å². The van der Waals surface area contributed by atoms with Gasteiger partial charge in [-0.05, 0) is 24.8 Å². The van der Waals surface area contributed by atoms with Crippen molar-refractivity contribution in [3.63, 3.8) is 0 Å². The molecule has 112 valence electrons. The maximum atomic E-state index is 12.5. The Balaban J connectivity index is 2.99. The summed E-state index contributed by atoms with van der Waals surface area (Å²) in [5, 5.41) is 13.8. The number of rotatable bonds is 6. The van der Waals surface area contributed by atoms with Gasteiger partial charge in [-0.15, -0.1) is 0 Å². The third-order valence-corrected chi connectivity index (χ3v) is 3.64. The Morgan fingerprint density at radius 3 is 2.60 bits per heavy atom. The molecule has 0 bridgehead atoms. The minimum atomic E-state index is -4.59. The van der Waals surface area contributed by atoms with E-state index in [4.69, 9.17) is 0 Å². The zero-order valence-electron chi connectivity index (χ0n) is 11.0. The van der Waals surface area contributed by atoms with Crippen molar-refractivity contribution >= 4 is 23.1 Å². The Hall–Kier alpha value is -1.44. The first-order valence-electron chi connectivity index (χ1n) is 5.95. The first-order valence-corrected chi connectivity index (χ1v) is 7.11. The predicted molar refractivity (Wildman–Crippen MR) is 74.2 cm³/mol. The van der Waals surface area contributed by atoms with Gasteiger partial charge in [-0.25, -0.2) is 0 Å². The van der Waals surface area contributed by atoms with Gasteiger partial charge in [0.15, 0.2) is 0 Å². The molecular formula is C12H15F3N2O2S. The van der Waals surface area contributed by atoms with Crippen LogP contribution in [-0.2, 0) is 6.18 Å². The van der Waals surface area contributed by atoms with E-state index in [0.29, 0.717) is 11.8 Å². The average Bonchev–Trinajstić information content (AvgIpc) is 2.35. The Kier molecular flexibility index (Phi) is 5.67. The van der Waals surface area contributed by atoms with Crippen LogP contribution in [0.2, 0.25) is 0 Å². The number of nitro groups is 1. The minimum Gasteiger partial charge on any atom is -0.376 e. The summed E-state index contributed by atoms with van der Waals surface area (Å²) < 4.78 is 37.6. The smallest absolute Gasteiger partial charge is 0.376 e. The Labute approximate surface area is 118 Å². The van der Waals surface area contributed by atoms with Gasteiger partial charge in [0.2, 0.25) is 0 Å². The van der Waals surface area contributed by atoms with E-state index >= 15 is 0 Å². The van der Waals surface area contributed by atoms with Crippen molar-refractivity contribution in [2.45, 2.75) is 26.1 Å². The number of benzene rings is 1. The van der Waals surface area contributed by atoms with Crippen LogP contribution in [0.5, 0.6) is 0 Å². The van der Waals surface area contributed by atoms with Gasteiger partial charge in [0, 0.05) is 17.9 Å². The summed E-state index contributed by atoms with van der Waals surface area (Å²) in [7, 11) is 0. The molecule has 0 aliphatic rings. The van der Waals surface area contributed by atoms with Gasteiger partial charge >= 0.3 is 6.18 Å². The van der Waals surface area contributed by atoms with Crippen LogP contribution < -0.4 is 5.32 Å². The number of thioether (sulfide) groups is 1. The highest BCUT2D eigenvalue weighted by molar-refractivity contribution is 7.99. The molecule has 0 fully saturated rings. The highest BCUT2D eigenvalue weighted by atomic mass is 32.2. The molecule has 0 saturated carbocycles. The summed E-state index contributed by atoms with van der Waals surface area (Å²) in [4.78, 5) is 10.1. The lowest BCUT2D eigenvalue weighted by Crippen LogP contribution is -2.19. The molecule has 4 nitrogen and oxygen atoms in total. The van der Waals surface area contributed by atoms with Crippen LogP contribution in [0.3, 0.4) is 0 Å². The summed E-state index contributed by atoms with van der Waals surface area (Å²) in [5.41, 5.74) is -1.48. The summed E-state index contributed by atoms with van der Waals surface area (Å²) in [6, 6.07) is 2.43. The maximum Gasteiger partial charge on any atom is 0.416 e. The van der Waals surface area contributed by atoms with Crippen LogP contribution in [0.1, 0.15) is 19.4 Å². The van der Waals surface area contributed by atoms with Crippen LogP contribution in [0, 0.1) is 10.1 Å². The number of nitrogens with one attached hydrogen (secondary N) is 1. The lowest BCUT2D eigenvalue weighted by Gasteiger charge is -2.15. The maximum absolute atomic E-state index is 12.5. The molecule has 0 saturated heterocycles. The van der Waals surface area contributed by atoms with Crippen LogP contribution in [0.4, 0.5) is 24.5 Å². The molecule has 1 N–H and O–H groups in total. The second-order valence-corrected chi connectivity index (χ2v) is 5.51. The molecule has 1 rings (SSSR count). The number of nitrogens with zero attached hydrogens (tertiary/aromatic N) is 1. The third-order valence-electron chi connectivity index (χ3n) is 2.50. The number of anilines is 1. The lowest BCUT2D eigenvalue weighted by atomic mass is 10.1. The van der Waals surface area contributed by atoms with Gasteiger partial charge in [-0.1, -0.05) is 6.92 Å². The van der Waals surface area contributed by atoms with Crippen molar-refractivity contribution < 1.29 is 18.1 Å². The fourth-order valence-electron chi connectivity index (χ4n) is 1.58.